The second-order valence-electron chi connectivity index (χ2n) is 4.85. The Morgan fingerprint density at radius 2 is 1.65 bits per heavy atom. The molecule has 0 aliphatic heterocycles. The van der Waals surface area contributed by atoms with Gasteiger partial charge >= 0.3 is 0 Å². The Labute approximate surface area is 102 Å². The van der Waals surface area contributed by atoms with Gasteiger partial charge in [-0.3, -0.25) is 0 Å². The molecule has 0 bridgehead atoms. The van der Waals surface area contributed by atoms with Crippen molar-refractivity contribution in [2.45, 2.75) is 18.8 Å². The summed E-state index contributed by atoms with van der Waals surface area (Å²) in [5.41, 5.74) is 2.52. The molecule has 0 aromatic heterocycles. The van der Waals surface area contributed by atoms with E-state index in [0.717, 1.165) is 12.0 Å². The third kappa shape index (κ3) is 2.19. The Bertz CT molecular complexity index is 504. The average molecular weight is 224 g/mol. The van der Waals surface area contributed by atoms with Gasteiger partial charge in [0.15, 0.2) is 0 Å². The van der Waals surface area contributed by atoms with Crippen molar-refractivity contribution < 1.29 is 5.11 Å². The molecule has 0 unspecified atom stereocenters. The summed E-state index contributed by atoms with van der Waals surface area (Å²) in [4.78, 5) is 0. The van der Waals surface area contributed by atoms with Crippen LogP contribution in [-0.4, -0.2) is 5.11 Å². The molecule has 1 fully saturated rings. The number of hydrogen-bond acceptors (Lipinski definition) is 1. The zero-order valence-electron chi connectivity index (χ0n) is 9.71. The number of rotatable bonds is 3. The van der Waals surface area contributed by atoms with E-state index in [1.807, 2.05) is 18.2 Å². The van der Waals surface area contributed by atoms with Gasteiger partial charge in [-0.1, -0.05) is 48.5 Å². The van der Waals surface area contributed by atoms with Crippen molar-refractivity contribution in [2.75, 3.05) is 0 Å². The smallest absolute Gasteiger partial charge is 0.119 e. The largest absolute Gasteiger partial charge is 0.508 e. The van der Waals surface area contributed by atoms with Crippen molar-refractivity contribution >= 4 is 0 Å². The van der Waals surface area contributed by atoms with Crippen LogP contribution in [0.15, 0.2) is 54.6 Å². The highest BCUT2D eigenvalue weighted by atomic mass is 16.3. The van der Waals surface area contributed by atoms with Crippen LogP contribution >= 0.6 is 0 Å². The number of phenolic OH excluding ortho intramolecular Hbond substituents is 1. The normalized spacial score (nSPS) is 22.4. The monoisotopic (exact) mass is 224 g/mol. The van der Waals surface area contributed by atoms with Crippen LogP contribution in [0.5, 0.6) is 5.75 Å². The zero-order valence-corrected chi connectivity index (χ0v) is 9.71. The molecule has 1 nitrogen and oxygen atoms in total. The van der Waals surface area contributed by atoms with E-state index in [1.165, 1.54) is 12.0 Å². The lowest BCUT2D eigenvalue weighted by atomic mass is 10.0. The van der Waals surface area contributed by atoms with E-state index in [4.69, 9.17) is 0 Å². The molecule has 1 saturated carbocycles. The highest BCUT2D eigenvalue weighted by Gasteiger charge is 2.39. The summed E-state index contributed by atoms with van der Waals surface area (Å²) >= 11 is 0. The number of hydrogen-bond donors (Lipinski definition) is 1. The summed E-state index contributed by atoms with van der Waals surface area (Å²) in [7, 11) is 0. The first-order chi connectivity index (χ1) is 8.34. The van der Waals surface area contributed by atoms with Crippen LogP contribution in [0, 0.1) is 5.92 Å². The van der Waals surface area contributed by atoms with E-state index in [2.05, 4.69) is 30.3 Å². The molecule has 1 aliphatic carbocycles. The Morgan fingerprint density at radius 3 is 2.41 bits per heavy atom. The van der Waals surface area contributed by atoms with Crippen molar-refractivity contribution in [3.05, 3.63) is 65.7 Å². The summed E-state index contributed by atoms with van der Waals surface area (Å²) in [6.07, 6.45) is 2.33. The molecule has 3 rings (SSSR count). The first-order valence-corrected chi connectivity index (χ1v) is 6.16. The highest BCUT2D eigenvalue weighted by molar-refractivity contribution is 5.39. The van der Waals surface area contributed by atoms with Crippen molar-refractivity contribution in [1.29, 1.82) is 0 Å². The van der Waals surface area contributed by atoms with Gasteiger partial charge in [0.05, 0.1) is 0 Å². The maximum atomic E-state index is 9.80. The molecule has 0 amide bonds. The van der Waals surface area contributed by atoms with Crippen LogP contribution in [0.1, 0.15) is 23.5 Å². The zero-order chi connectivity index (χ0) is 11.7. The lowest BCUT2D eigenvalue weighted by Crippen LogP contribution is -1.90. The topological polar surface area (TPSA) is 20.2 Å². The lowest BCUT2D eigenvalue weighted by Gasteiger charge is -2.03. The van der Waals surface area contributed by atoms with Crippen LogP contribution in [0.4, 0.5) is 0 Å². The van der Waals surface area contributed by atoms with Gasteiger partial charge in [-0.2, -0.15) is 0 Å². The third-order valence-electron chi connectivity index (χ3n) is 3.60. The van der Waals surface area contributed by atoms with Gasteiger partial charge in [0.1, 0.15) is 5.75 Å². The Morgan fingerprint density at radius 1 is 0.941 bits per heavy atom. The van der Waals surface area contributed by atoms with Crippen LogP contribution < -0.4 is 0 Å². The molecule has 1 heteroatoms. The number of benzene rings is 2. The van der Waals surface area contributed by atoms with E-state index in [1.54, 1.807) is 6.07 Å². The van der Waals surface area contributed by atoms with E-state index < -0.39 is 0 Å². The predicted molar refractivity (Wildman–Crippen MR) is 69.1 cm³/mol. The highest BCUT2D eigenvalue weighted by Crippen LogP contribution is 2.51. The molecule has 2 aromatic carbocycles. The molecular weight excluding hydrogens is 208 g/mol. The van der Waals surface area contributed by atoms with Gasteiger partial charge in [-0.05, 0) is 41.9 Å². The van der Waals surface area contributed by atoms with Gasteiger partial charge in [0.2, 0.25) is 0 Å². The fraction of sp³-hybridized carbons (Fsp3) is 0.250. The minimum atomic E-state index is 0.452. The second kappa shape index (κ2) is 4.25. The second-order valence-corrected chi connectivity index (χ2v) is 4.85. The van der Waals surface area contributed by atoms with Crippen molar-refractivity contribution in [1.82, 2.24) is 0 Å². The molecule has 0 heterocycles. The maximum Gasteiger partial charge on any atom is 0.119 e. The quantitative estimate of drug-likeness (QED) is 0.842. The summed E-state index contributed by atoms with van der Waals surface area (Å²) < 4.78 is 0. The molecule has 2 atom stereocenters. The molecular formula is C16H16O. The molecule has 1 N–H and O–H groups in total. The van der Waals surface area contributed by atoms with Gasteiger partial charge in [-0.15, -0.1) is 0 Å². The maximum absolute atomic E-state index is 9.80. The van der Waals surface area contributed by atoms with Gasteiger partial charge in [0.25, 0.3) is 0 Å². The number of phenols is 1. The van der Waals surface area contributed by atoms with Crippen LogP contribution in [0.3, 0.4) is 0 Å². The first-order valence-electron chi connectivity index (χ1n) is 6.16. The number of para-hydroxylation sites is 1. The molecule has 1 aliphatic rings. The molecule has 0 saturated heterocycles. The fourth-order valence-corrected chi connectivity index (χ4v) is 2.57. The predicted octanol–water partition coefficient (Wildman–Crippen LogP) is 3.74. The lowest BCUT2D eigenvalue weighted by molar-refractivity contribution is 0.467. The first kappa shape index (κ1) is 10.4. The van der Waals surface area contributed by atoms with Crippen LogP contribution in [0.25, 0.3) is 0 Å². The van der Waals surface area contributed by atoms with E-state index in [-0.39, 0.29) is 0 Å². The van der Waals surface area contributed by atoms with Crippen LogP contribution in [0.2, 0.25) is 0 Å². The van der Waals surface area contributed by atoms with E-state index in [9.17, 15) is 5.11 Å². The van der Waals surface area contributed by atoms with Crippen molar-refractivity contribution in [3.8, 4) is 5.75 Å². The minimum Gasteiger partial charge on any atom is -0.508 e. The third-order valence-corrected chi connectivity index (χ3v) is 3.60. The summed E-state index contributed by atoms with van der Waals surface area (Å²) in [6.45, 7) is 0. The molecule has 86 valence electrons. The number of aromatic hydroxyl groups is 1. The van der Waals surface area contributed by atoms with E-state index >= 15 is 0 Å². The van der Waals surface area contributed by atoms with Gasteiger partial charge in [-0.25, -0.2) is 0 Å². The molecule has 0 spiro atoms. The summed E-state index contributed by atoms with van der Waals surface area (Å²) in [5, 5.41) is 9.80. The average Bonchev–Trinajstić information content (AvgIpc) is 3.10. The Kier molecular flexibility index (Phi) is 2.60. The summed E-state index contributed by atoms with van der Waals surface area (Å²) in [5.74, 6) is 1.70. The van der Waals surface area contributed by atoms with Crippen molar-refractivity contribution in [3.63, 3.8) is 0 Å². The SMILES string of the molecule is Oc1ccccc1[C@H]1C[C@H]1Cc1ccccc1. The molecule has 2 aromatic rings. The Balaban J connectivity index is 1.70. The minimum absolute atomic E-state index is 0.452. The van der Waals surface area contributed by atoms with Crippen molar-refractivity contribution in [2.24, 2.45) is 5.92 Å². The Hall–Kier alpha value is -1.76. The fourth-order valence-electron chi connectivity index (χ4n) is 2.57. The van der Waals surface area contributed by atoms with Crippen LogP contribution in [-0.2, 0) is 6.42 Å². The van der Waals surface area contributed by atoms with E-state index in [0.29, 0.717) is 17.6 Å². The van der Waals surface area contributed by atoms with Gasteiger partial charge < -0.3 is 5.11 Å². The van der Waals surface area contributed by atoms with Gasteiger partial charge in [0, 0.05) is 0 Å². The molecule has 0 radical (unpaired) electrons. The molecule has 17 heavy (non-hydrogen) atoms. The summed E-state index contributed by atoms with van der Waals surface area (Å²) in [6, 6.07) is 18.3. The standard InChI is InChI=1S/C16H16O/c17-16-9-5-4-8-14(16)15-11-13(15)10-12-6-2-1-3-7-12/h1-9,13,15,17H,10-11H2/t13-,15+/m1/s1.